The molecule has 2 atom stereocenters. The fraction of sp³-hybridized carbons (Fsp3) is 0.581. The number of pyridine rings is 1. The van der Waals surface area contributed by atoms with Crippen LogP contribution in [0.3, 0.4) is 0 Å². The maximum Gasteiger partial charge on any atom is 0.354 e. The Morgan fingerprint density at radius 2 is 1.83 bits per heavy atom. The number of hydrogen-bond acceptors (Lipinski definition) is 4. The van der Waals surface area contributed by atoms with Crippen LogP contribution in [-0.2, 0) is 41.0 Å². The molecule has 5 aliphatic rings. The highest BCUT2D eigenvalue weighted by Crippen LogP contribution is 2.44. The van der Waals surface area contributed by atoms with E-state index in [0.29, 0.717) is 29.8 Å². The Bertz CT molecular complexity index is 1470. The van der Waals surface area contributed by atoms with Gasteiger partial charge in [-0.05, 0) is 98.4 Å². The number of carbonyl (C=O) groups is 2. The number of hydrogen-bond donors (Lipinski definition) is 4. The van der Waals surface area contributed by atoms with Crippen molar-refractivity contribution < 1.29 is 13.8 Å². The topological polar surface area (TPSA) is 139 Å². The summed E-state index contributed by atoms with van der Waals surface area (Å²) in [6.45, 7) is 4.86. The predicted octanol–water partition coefficient (Wildman–Crippen LogP) is 5.15. The lowest BCUT2D eigenvalue weighted by atomic mass is 9.68. The van der Waals surface area contributed by atoms with Gasteiger partial charge in [-0.15, -0.1) is 4.36 Å². The first-order valence-corrected chi connectivity index (χ1v) is 16.7. The molecule has 4 amide bonds. The van der Waals surface area contributed by atoms with Crippen molar-refractivity contribution in [2.24, 2.45) is 21.3 Å². The number of carbonyl (C=O) groups excluding carboxylic acids is 2. The van der Waals surface area contributed by atoms with Gasteiger partial charge in [0.05, 0.1) is 16.3 Å². The van der Waals surface area contributed by atoms with Crippen LogP contribution < -0.4 is 21.1 Å². The monoisotopic (exact) mass is 578 g/mol. The summed E-state index contributed by atoms with van der Waals surface area (Å²) in [5.41, 5.74) is 5.96. The Balaban J connectivity index is 1.06. The van der Waals surface area contributed by atoms with Crippen LogP contribution in [0.25, 0.3) is 0 Å². The minimum Gasteiger partial charge on any atom is -0.338 e. The molecule has 2 bridgehead atoms. The van der Waals surface area contributed by atoms with Gasteiger partial charge in [0, 0.05) is 23.7 Å². The van der Waals surface area contributed by atoms with Gasteiger partial charge >= 0.3 is 12.1 Å². The number of nitrogens with zero attached hydrogens (tertiary/aromatic N) is 2. The zero-order valence-corrected chi connectivity index (χ0v) is 24.9. The number of nitrogens with one attached hydrogen (secondary N) is 3. The summed E-state index contributed by atoms with van der Waals surface area (Å²) in [5, 5.41) is 15.2. The lowest BCUT2D eigenvalue weighted by Crippen LogP contribution is -2.50. The third-order valence-corrected chi connectivity index (χ3v) is 11.1. The van der Waals surface area contributed by atoms with Crippen molar-refractivity contribution in [1.29, 1.82) is 0 Å². The molecule has 5 aliphatic carbocycles. The Labute approximate surface area is 243 Å². The molecule has 41 heavy (non-hydrogen) atoms. The Kier molecular flexibility index (Phi) is 7.57. The number of amides is 4. The molecule has 10 heteroatoms. The van der Waals surface area contributed by atoms with E-state index in [9.17, 15) is 13.8 Å². The van der Waals surface area contributed by atoms with Gasteiger partial charge in [-0.3, -0.25) is 4.98 Å². The number of aryl methyl sites for hydroxylation is 1. The van der Waals surface area contributed by atoms with Crippen molar-refractivity contribution in [3.05, 3.63) is 52.3 Å². The van der Waals surface area contributed by atoms with Gasteiger partial charge in [-0.2, -0.15) is 0 Å². The maximum absolute atomic E-state index is 13.3. The molecular formula is C31H42N6O3S. The van der Waals surface area contributed by atoms with E-state index < -0.39 is 15.9 Å². The van der Waals surface area contributed by atoms with Gasteiger partial charge in [0.15, 0.2) is 0 Å². The standard InChI is InChI=1S/C31H42N6O3S/c1-31(2)16-14-24-27(23-4-3-5-25(23)34-28(24)31)36-30(39)37-41(32,40)22-12-8-19(9-13-22)15-17-33-29(38)35-26-18-20-6-10-21(26)11-7-20/h8-9,12-13,20-21,26H,3-7,10-11,14-18H2,1-2H3,(H2,33,35,38)(H3,32,34,36,37,39,40). The smallest absolute Gasteiger partial charge is 0.338 e. The van der Waals surface area contributed by atoms with E-state index in [-0.39, 0.29) is 11.4 Å². The zero-order chi connectivity index (χ0) is 28.8. The molecule has 0 aliphatic heterocycles. The van der Waals surface area contributed by atoms with Gasteiger partial charge in [0.1, 0.15) is 9.92 Å². The minimum atomic E-state index is -3.43. The predicted molar refractivity (Wildman–Crippen MR) is 160 cm³/mol. The van der Waals surface area contributed by atoms with E-state index >= 15 is 0 Å². The van der Waals surface area contributed by atoms with E-state index in [0.717, 1.165) is 78.2 Å². The largest absolute Gasteiger partial charge is 0.354 e. The molecule has 2 aromatic rings. The molecule has 1 aromatic heterocycles. The van der Waals surface area contributed by atoms with Gasteiger partial charge in [-0.1, -0.05) is 38.8 Å². The molecule has 1 heterocycles. The van der Waals surface area contributed by atoms with E-state index in [1.807, 2.05) is 12.1 Å². The summed E-state index contributed by atoms with van der Waals surface area (Å²) < 4.78 is 17.2. The second-order valence-electron chi connectivity index (χ2n) is 13.0. The Hall–Kier alpha value is -2.98. The lowest BCUT2D eigenvalue weighted by Gasteiger charge is -2.42. The molecule has 7 rings (SSSR count). The van der Waals surface area contributed by atoms with Crippen LogP contribution in [0.5, 0.6) is 0 Å². The average molecular weight is 579 g/mol. The fourth-order valence-electron chi connectivity index (χ4n) is 7.38. The minimum absolute atomic E-state index is 0.0406. The van der Waals surface area contributed by atoms with Crippen molar-refractivity contribution in [2.45, 2.75) is 101 Å². The van der Waals surface area contributed by atoms with Gasteiger partial charge in [-0.25, -0.2) is 18.9 Å². The molecule has 5 N–H and O–H groups in total. The molecule has 0 spiro atoms. The Morgan fingerprint density at radius 1 is 1.07 bits per heavy atom. The quantitative estimate of drug-likeness (QED) is 0.377. The SMILES string of the molecule is CC1(C)CCc2c1nc1c(c2NC(=O)N=S(N)(=O)c2ccc(CCNC(=O)NC3CC4CCC3CC4)cc2)CCC1. The molecule has 1 aromatic carbocycles. The van der Waals surface area contributed by atoms with Crippen molar-refractivity contribution in [3.63, 3.8) is 0 Å². The number of urea groups is 2. The van der Waals surface area contributed by atoms with Gasteiger partial charge in [0.25, 0.3) is 0 Å². The summed E-state index contributed by atoms with van der Waals surface area (Å²) in [6, 6.07) is 6.43. The van der Waals surface area contributed by atoms with Crippen molar-refractivity contribution >= 4 is 27.7 Å². The first kappa shape index (κ1) is 28.2. The first-order valence-electron chi connectivity index (χ1n) is 15.1. The van der Waals surface area contributed by atoms with Crippen LogP contribution in [0.15, 0.2) is 33.5 Å². The third-order valence-electron chi connectivity index (χ3n) is 9.74. The second kappa shape index (κ2) is 11.0. The molecular weight excluding hydrogens is 536 g/mol. The highest BCUT2D eigenvalue weighted by Gasteiger charge is 2.37. The normalized spacial score (nSPS) is 25.1. The van der Waals surface area contributed by atoms with Crippen LogP contribution in [0.2, 0.25) is 0 Å². The third kappa shape index (κ3) is 5.86. The van der Waals surface area contributed by atoms with Crippen LogP contribution in [-0.4, -0.2) is 33.8 Å². The summed E-state index contributed by atoms with van der Waals surface area (Å²) in [5.74, 6) is 1.39. The van der Waals surface area contributed by atoms with Crippen LogP contribution in [0.4, 0.5) is 15.3 Å². The molecule has 3 fully saturated rings. The van der Waals surface area contributed by atoms with Crippen LogP contribution in [0, 0.1) is 11.8 Å². The molecule has 2 unspecified atom stereocenters. The molecule has 0 radical (unpaired) electrons. The molecule has 3 saturated carbocycles. The summed E-state index contributed by atoms with van der Waals surface area (Å²) >= 11 is 0. The van der Waals surface area contributed by atoms with E-state index in [4.69, 9.17) is 10.1 Å². The van der Waals surface area contributed by atoms with Crippen molar-refractivity contribution in [2.75, 3.05) is 11.9 Å². The first-order chi connectivity index (χ1) is 19.6. The van der Waals surface area contributed by atoms with Crippen molar-refractivity contribution in [3.8, 4) is 0 Å². The average Bonchev–Trinajstić information content (AvgIpc) is 3.53. The highest BCUT2D eigenvalue weighted by atomic mass is 32.2. The maximum atomic E-state index is 13.3. The summed E-state index contributed by atoms with van der Waals surface area (Å²) in [4.78, 5) is 30.7. The molecule has 220 valence electrons. The molecule has 9 nitrogen and oxygen atoms in total. The molecule has 0 saturated heterocycles. The van der Waals surface area contributed by atoms with Gasteiger partial charge in [0.2, 0.25) is 0 Å². The lowest BCUT2D eigenvalue weighted by molar-refractivity contribution is 0.127. The summed E-state index contributed by atoms with van der Waals surface area (Å²) in [7, 11) is -3.43. The van der Waals surface area contributed by atoms with E-state index in [2.05, 4.69) is 34.2 Å². The number of nitrogens with two attached hydrogens (primary N) is 1. The number of aromatic nitrogens is 1. The summed E-state index contributed by atoms with van der Waals surface area (Å²) in [6.07, 6.45) is 11.4. The second-order valence-corrected chi connectivity index (χ2v) is 14.8. The van der Waals surface area contributed by atoms with Crippen LogP contribution in [0.1, 0.15) is 86.9 Å². The Morgan fingerprint density at radius 3 is 2.54 bits per heavy atom. The van der Waals surface area contributed by atoms with Crippen molar-refractivity contribution in [1.82, 2.24) is 15.6 Å². The van der Waals surface area contributed by atoms with E-state index in [1.54, 1.807) is 12.1 Å². The number of benzene rings is 1. The zero-order valence-electron chi connectivity index (χ0n) is 24.1. The number of anilines is 1. The number of fused-ring (bicyclic) bond motifs is 5. The van der Waals surface area contributed by atoms with E-state index in [1.165, 1.54) is 25.7 Å². The van der Waals surface area contributed by atoms with Gasteiger partial charge < -0.3 is 16.0 Å². The van der Waals surface area contributed by atoms with Crippen LogP contribution >= 0.6 is 0 Å². The fourth-order valence-corrected chi connectivity index (χ4v) is 8.31. The number of rotatable bonds is 6. The highest BCUT2D eigenvalue weighted by molar-refractivity contribution is 7.91.